The molecule has 0 saturated carbocycles. The van der Waals surface area contributed by atoms with Crippen molar-refractivity contribution >= 4 is 5.91 Å². The predicted octanol–water partition coefficient (Wildman–Crippen LogP) is 2.76. The molecule has 120 valence electrons. The summed E-state index contributed by atoms with van der Waals surface area (Å²) in [6.45, 7) is 2.76. The molecule has 1 N–H and O–H groups in total. The van der Waals surface area contributed by atoms with E-state index >= 15 is 0 Å². The number of nitrogens with one attached hydrogen (secondary N) is 1. The molecule has 1 unspecified atom stereocenters. The number of rotatable bonds is 5. The summed E-state index contributed by atoms with van der Waals surface area (Å²) in [5.41, 5.74) is 2.00. The fourth-order valence-corrected chi connectivity index (χ4v) is 3.05. The van der Waals surface area contributed by atoms with E-state index in [9.17, 15) is 9.18 Å². The second-order valence-corrected chi connectivity index (χ2v) is 6.08. The first kappa shape index (κ1) is 15.7. The number of benzene rings is 2. The van der Waals surface area contributed by atoms with E-state index in [1.807, 2.05) is 18.2 Å². The standard InChI is InChI=1S/C19H21FN2O/c20-17-8-4-7-16(11-17)12-19(23)21-18-9-10-22(14-18)13-15-5-2-1-3-6-15/h1-8,11,18H,9-10,12-14H2,(H,21,23). The van der Waals surface area contributed by atoms with Gasteiger partial charge in [0.2, 0.25) is 5.91 Å². The number of carbonyl (C=O) groups is 1. The fraction of sp³-hybridized carbons (Fsp3) is 0.316. The smallest absolute Gasteiger partial charge is 0.224 e. The third-order valence-corrected chi connectivity index (χ3v) is 4.14. The number of nitrogens with zero attached hydrogens (tertiary/aromatic N) is 1. The van der Waals surface area contributed by atoms with Crippen LogP contribution in [0, 0.1) is 5.82 Å². The van der Waals surface area contributed by atoms with Gasteiger partial charge in [0.1, 0.15) is 5.82 Å². The maximum absolute atomic E-state index is 13.1. The maximum Gasteiger partial charge on any atom is 0.224 e. The number of likely N-dealkylation sites (tertiary alicyclic amines) is 1. The van der Waals surface area contributed by atoms with Gasteiger partial charge in [-0.15, -0.1) is 0 Å². The van der Waals surface area contributed by atoms with E-state index in [-0.39, 0.29) is 24.2 Å². The molecule has 2 aromatic carbocycles. The quantitative estimate of drug-likeness (QED) is 0.921. The maximum atomic E-state index is 13.1. The van der Waals surface area contributed by atoms with Crippen LogP contribution >= 0.6 is 0 Å². The van der Waals surface area contributed by atoms with Gasteiger partial charge in [-0.1, -0.05) is 42.5 Å². The number of hydrogen-bond acceptors (Lipinski definition) is 2. The number of amides is 1. The van der Waals surface area contributed by atoms with Gasteiger partial charge in [-0.25, -0.2) is 4.39 Å². The summed E-state index contributed by atoms with van der Waals surface area (Å²) < 4.78 is 13.1. The van der Waals surface area contributed by atoms with Crippen molar-refractivity contribution in [3.05, 3.63) is 71.5 Å². The van der Waals surface area contributed by atoms with E-state index < -0.39 is 0 Å². The molecule has 1 aliphatic heterocycles. The van der Waals surface area contributed by atoms with Crippen LogP contribution in [0.15, 0.2) is 54.6 Å². The van der Waals surface area contributed by atoms with E-state index in [1.54, 1.807) is 12.1 Å². The van der Waals surface area contributed by atoms with Crippen molar-refractivity contribution in [3.8, 4) is 0 Å². The van der Waals surface area contributed by atoms with Crippen LogP contribution < -0.4 is 5.32 Å². The van der Waals surface area contributed by atoms with E-state index in [4.69, 9.17) is 0 Å². The van der Waals surface area contributed by atoms with Crippen molar-refractivity contribution in [1.29, 1.82) is 0 Å². The Morgan fingerprint density at radius 2 is 1.91 bits per heavy atom. The van der Waals surface area contributed by atoms with Crippen LogP contribution in [0.25, 0.3) is 0 Å². The summed E-state index contributed by atoms with van der Waals surface area (Å²) in [6, 6.07) is 16.7. The fourth-order valence-electron chi connectivity index (χ4n) is 3.05. The lowest BCUT2D eigenvalue weighted by molar-refractivity contribution is -0.121. The molecule has 3 rings (SSSR count). The van der Waals surface area contributed by atoms with Crippen molar-refractivity contribution < 1.29 is 9.18 Å². The molecule has 2 aromatic rings. The highest BCUT2D eigenvalue weighted by Gasteiger charge is 2.23. The highest BCUT2D eigenvalue weighted by atomic mass is 19.1. The molecule has 3 nitrogen and oxygen atoms in total. The van der Waals surface area contributed by atoms with Crippen molar-refractivity contribution in [3.63, 3.8) is 0 Å². The molecular formula is C19H21FN2O. The molecule has 0 radical (unpaired) electrons. The lowest BCUT2D eigenvalue weighted by Gasteiger charge is -2.17. The molecule has 0 aromatic heterocycles. The lowest BCUT2D eigenvalue weighted by Crippen LogP contribution is -2.37. The largest absolute Gasteiger partial charge is 0.352 e. The average Bonchev–Trinajstić information content (AvgIpc) is 2.95. The Kier molecular flexibility index (Phi) is 5.03. The summed E-state index contributed by atoms with van der Waals surface area (Å²) in [7, 11) is 0. The summed E-state index contributed by atoms with van der Waals surface area (Å²) in [5, 5.41) is 3.06. The molecule has 0 spiro atoms. The number of hydrogen-bond donors (Lipinski definition) is 1. The van der Waals surface area contributed by atoms with Crippen LogP contribution in [0.2, 0.25) is 0 Å². The molecular weight excluding hydrogens is 291 g/mol. The molecule has 1 fully saturated rings. The molecule has 0 bridgehead atoms. The lowest BCUT2D eigenvalue weighted by atomic mass is 10.1. The van der Waals surface area contributed by atoms with Gasteiger partial charge in [0.25, 0.3) is 0 Å². The second-order valence-electron chi connectivity index (χ2n) is 6.08. The van der Waals surface area contributed by atoms with Crippen LogP contribution in [0.5, 0.6) is 0 Å². The van der Waals surface area contributed by atoms with Gasteiger partial charge in [-0.3, -0.25) is 9.69 Å². The van der Waals surface area contributed by atoms with Crippen LogP contribution in [0.1, 0.15) is 17.5 Å². The van der Waals surface area contributed by atoms with Gasteiger partial charge in [-0.2, -0.15) is 0 Å². The number of halogens is 1. The molecule has 1 atom stereocenters. The average molecular weight is 312 g/mol. The van der Waals surface area contributed by atoms with Gasteiger partial charge < -0.3 is 5.32 Å². The topological polar surface area (TPSA) is 32.3 Å². The summed E-state index contributed by atoms with van der Waals surface area (Å²) in [4.78, 5) is 14.4. The molecule has 4 heteroatoms. The first-order chi connectivity index (χ1) is 11.2. The third kappa shape index (κ3) is 4.63. The van der Waals surface area contributed by atoms with Gasteiger partial charge in [0.15, 0.2) is 0 Å². The molecule has 1 aliphatic rings. The molecule has 1 saturated heterocycles. The Bertz CT molecular complexity index is 659. The number of carbonyl (C=O) groups excluding carboxylic acids is 1. The highest BCUT2D eigenvalue weighted by Crippen LogP contribution is 2.14. The Balaban J connectivity index is 1.47. The van der Waals surface area contributed by atoms with Crippen molar-refractivity contribution in [2.75, 3.05) is 13.1 Å². The van der Waals surface area contributed by atoms with Gasteiger partial charge in [0, 0.05) is 25.7 Å². The van der Waals surface area contributed by atoms with E-state index in [0.29, 0.717) is 5.56 Å². The first-order valence-electron chi connectivity index (χ1n) is 7.99. The van der Waals surface area contributed by atoms with Crippen LogP contribution in [0.4, 0.5) is 4.39 Å². The third-order valence-electron chi connectivity index (χ3n) is 4.14. The monoisotopic (exact) mass is 312 g/mol. The molecule has 1 heterocycles. The van der Waals surface area contributed by atoms with Crippen molar-refractivity contribution in [2.45, 2.75) is 25.4 Å². The Morgan fingerprint density at radius 1 is 1.13 bits per heavy atom. The Hall–Kier alpha value is -2.20. The van der Waals surface area contributed by atoms with Crippen LogP contribution in [-0.2, 0) is 17.8 Å². The molecule has 1 amide bonds. The summed E-state index contributed by atoms with van der Waals surface area (Å²) in [5.74, 6) is -0.340. The zero-order valence-electron chi connectivity index (χ0n) is 13.0. The van der Waals surface area contributed by atoms with Crippen LogP contribution in [-0.4, -0.2) is 29.9 Å². The normalized spacial score (nSPS) is 18.0. The minimum Gasteiger partial charge on any atom is -0.352 e. The van der Waals surface area contributed by atoms with Gasteiger partial charge in [-0.05, 0) is 29.7 Å². The van der Waals surface area contributed by atoms with Crippen molar-refractivity contribution in [1.82, 2.24) is 10.2 Å². The predicted molar refractivity (Wildman–Crippen MR) is 88.4 cm³/mol. The molecule has 0 aliphatic carbocycles. The van der Waals surface area contributed by atoms with Gasteiger partial charge in [0.05, 0.1) is 6.42 Å². The van der Waals surface area contributed by atoms with Crippen molar-refractivity contribution in [2.24, 2.45) is 0 Å². The van der Waals surface area contributed by atoms with E-state index in [0.717, 1.165) is 26.1 Å². The minimum atomic E-state index is -0.301. The summed E-state index contributed by atoms with van der Waals surface area (Å²) in [6.07, 6.45) is 1.19. The second kappa shape index (κ2) is 7.38. The Labute approximate surface area is 136 Å². The zero-order chi connectivity index (χ0) is 16.1. The summed E-state index contributed by atoms with van der Waals surface area (Å²) >= 11 is 0. The van der Waals surface area contributed by atoms with E-state index in [1.165, 1.54) is 17.7 Å². The van der Waals surface area contributed by atoms with E-state index in [2.05, 4.69) is 22.3 Å². The first-order valence-corrected chi connectivity index (χ1v) is 7.99. The van der Waals surface area contributed by atoms with Gasteiger partial charge >= 0.3 is 0 Å². The zero-order valence-corrected chi connectivity index (χ0v) is 13.0. The van der Waals surface area contributed by atoms with Crippen LogP contribution in [0.3, 0.4) is 0 Å². The minimum absolute atomic E-state index is 0.0397. The Morgan fingerprint density at radius 3 is 2.70 bits per heavy atom. The SMILES string of the molecule is O=C(Cc1cccc(F)c1)NC1CCN(Cc2ccccc2)C1. The highest BCUT2D eigenvalue weighted by molar-refractivity contribution is 5.78. The molecule has 23 heavy (non-hydrogen) atoms.